The highest BCUT2D eigenvalue weighted by atomic mass is 16.5. The average Bonchev–Trinajstić information content (AvgIpc) is 2.79. The van der Waals surface area contributed by atoms with Crippen molar-refractivity contribution in [2.75, 3.05) is 0 Å². The number of nitrogens with zero attached hydrogens (tertiary/aromatic N) is 1. The topological polar surface area (TPSA) is 72.6 Å². The van der Waals surface area contributed by atoms with E-state index in [2.05, 4.69) is 19.0 Å². The van der Waals surface area contributed by atoms with Gasteiger partial charge in [-0.15, -0.1) is 0 Å². The molecular weight excluding hydrogens is 234 g/mol. The molecule has 100 valence electrons. The minimum Gasteiger partial charge on any atom is -0.476 e. The first kappa shape index (κ1) is 13.1. The molecule has 0 aliphatic heterocycles. The average molecular weight is 253 g/mol. The number of carboxylic acid groups (broad SMARTS) is 1. The quantitative estimate of drug-likeness (QED) is 0.893. The summed E-state index contributed by atoms with van der Waals surface area (Å²) in [7, 11) is 0. The van der Waals surface area contributed by atoms with E-state index >= 15 is 0 Å². The molecule has 2 rings (SSSR count). The van der Waals surface area contributed by atoms with Gasteiger partial charge in [-0.25, -0.2) is 4.79 Å². The smallest absolute Gasteiger partial charge is 0.358 e. The van der Waals surface area contributed by atoms with E-state index in [1.165, 1.54) is 12.5 Å². The lowest BCUT2D eigenvalue weighted by atomic mass is 9.80. The zero-order chi connectivity index (χ0) is 13.1. The number of carboxylic acids is 1. The van der Waals surface area contributed by atoms with Gasteiger partial charge < -0.3 is 14.4 Å². The maximum Gasteiger partial charge on any atom is 0.358 e. The van der Waals surface area contributed by atoms with E-state index < -0.39 is 5.97 Å². The van der Waals surface area contributed by atoms with Crippen LogP contribution in [0.25, 0.3) is 0 Å². The standard InChI is InChI=1S/C13H19NO4/c1-8-3-4-10(5-9(8)2)17-7-11-6-12(13(15)16)14-18-11/h6,8-10H,3-5,7H2,1-2H3,(H,15,16). The van der Waals surface area contributed by atoms with Crippen molar-refractivity contribution in [3.63, 3.8) is 0 Å². The highest BCUT2D eigenvalue weighted by molar-refractivity contribution is 5.85. The molecule has 0 aromatic carbocycles. The third-order valence-electron chi connectivity index (χ3n) is 3.79. The van der Waals surface area contributed by atoms with Gasteiger partial charge in [-0.2, -0.15) is 0 Å². The van der Waals surface area contributed by atoms with E-state index in [0.29, 0.717) is 18.3 Å². The molecule has 0 spiro atoms. The van der Waals surface area contributed by atoms with Gasteiger partial charge in [-0.3, -0.25) is 0 Å². The van der Waals surface area contributed by atoms with Crippen molar-refractivity contribution in [1.29, 1.82) is 0 Å². The largest absolute Gasteiger partial charge is 0.476 e. The third-order valence-corrected chi connectivity index (χ3v) is 3.79. The van der Waals surface area contributed by atoms with Crippen LogP contribution < -0.4 is 0 Å². The maximum atomic E-state index is 10.6. The van der Waals surface area contributed by atoms with Crippen LogP contribution in [0.2, 0.25) is 0 Å². The van der Waals surface area contributed by atoms with E-state index in [1.807, 2.05) is 0 Å². The lowest BCUT2D eigenvalue weighted by Gasteiger charge is -2.31. The Labute approximate surface area is 106 Å². The first-order valence-corrected chi connectivity index (χ1v) is 6.36. The van der Waals surface area contributed by atoms with Crippen molar-refractivity contribution in [3.8, 4) is 0 Å². The van der Waals surface area contributed by atoms with Crippen molar-refractivity contribution in [2.45, 2.75) is 45.8 Å². The molecule has 5 heteroatoms. The van der Waals surface area contributed by atoms with E-state index in [9.17, 15) is 4.79 Å². The van der Waals surface area contributed by atoms with Gasteiger partial charge in [0.2, 0.25) is 0 Å². The van der Waals surface area contributed by atoms with E-state index in [4.69, 9.17) is 14.4 Å². The molecule has 1 heterocycles. The number of hydrogen-bond donors (Lipinski definition) is 1. The minimum absolute atomic E-state index is 0.0702. The number of rotatable bonds is 4. The van der Waals surface area contributed by atoms with Crippen LogP contribution >= 0.6 is 0 Å². The highest BCUT2D eigenvalue weighted by Crippen LogP contribution is 2.31. The van der Waals surface area contributed by atoms with Crippen molar-refractivity contribution >= 4 is 5.97 Å². The summed E-state index contributed by atoms with van der Waals surface area (Å²) in [5.41, 5.74) is -0.0702. The van der Waals surface area contributed by atoms with Crippen LogP contribution in [0.4, 0.5) is 0 Å². The molecule has 0 amide bonds. The van der Waals surface area contributed by atoms with E-state index in [1.54, 1.807) is 0 Å². The summed E-state index contributed by atoms with van der Waals surface area (Å²) in [4.78, 5) is 10.6. The Bertz CT molecular complexity index is 415. The summed E-state index contributed by atoms with van der Waals surface area (Å²) in [5, 5.41) is 12.2. The molecule has 0 saturated heterocycles. The first-order valence-electron chi connectivity index (χ1n) is 6.36. The lowest BCUT2D eigenvalue weighted by molar-refractivity contribution is -0.0155. The summed E-state index contributed by atoms with van der Waals surface area (Å²) in [6, 6.07) is 1.41. The van der Waals surface area contributed by atoms with Gasteiger partial charge in [0.25, 0.3) is 0 Å². The molecule has 1 aromatic heterocycles. The fourth-order valence-corrected chi connectivity index (χ4v) is 2.33. The monoisotopic (exact) mass is 253 g/mol. The van der Waals surface area contributed by atoms with Gasteiger partial charge in [0.05, 0.1) is 6.10 Å². The number of aromatic nitrogens is 1. The van der Waals surface area contributed by atoms with Crippen molar-refractivity contribution in [3.05, 3.63) is 17.5 Å². The summed E-state index contributed by atoms with van der Waals surface area (Å²) >= 11 is 0. The number of ether oxygens (including phenoxy) is 1. The van der Waals surface area contributed by atoms with Crippen LogP contribution in [0.1, 0.15) is 49.4 Å². The van der Waals surface area contributed by atoms with Gasteiger partial charge in [0.1, 0.15) is 6.61 Å². The van der Waals surface area contributed by atoms with E-state index in [-0.39, 0.29) is 11.8 Å². The summed E-state index contributed by atoms with van der Waals surface area (Å²) in [5.74, 6) is 0.825. The fraction of sp³-hybridized carbons (Fsp3) is 0.692. The second-order valence-electron chi connectivity index (χ2n) is 5.18. The van der Waals surface area contributed by atoms with Crippen molar-refractivity contribution in [2.24, 2.45) is 11.8 Å². The molecule has 3 atom stereocenters. The number of aromatic carboxylic acids is 1. The summed E-state index contributed by atoms with van der Waals surface area (Å²) in [6.07, 6.45) is 3.55. The van der Waals surface area contributed by atoms with Crippen molar-refractivity contribution in [1.82, 2.24) is 5.16 Å². The van der Waals surface area contributed by atoms with Gasteiger partial charge >= 0.3 is 5.97 Å². The number of hydrogen-bond acceptors (Lipinski definition) is 4. The molecule has 18 heavy (non-hydrogen) atoms. The Kier molecular flexibility index (Phi) is 4.01. The molecule has 1 aromatic rings. The lowest BCUT2D eigenvalue weighted by Crippen LogP contribution is -2.26. The maximum absolute atomic E-state index is 10.6. The SMILES string of the molecule is CC1CCC(OCc2cc(C(=O)O)no2)CC1C. The Balaban J connectivity index is 1.82. The fourth-order valence-electron chi connectivity index (χ4n) is 2.33. The molecule has 1 N–H and O–H groups in total. The Morgan fingerprint density at radius 1 is 1.50 bits per heavy atom. The molecule has 1 saturated carbocycles. The van der Waals surface area contributed by atoms with Gasteiger partial charge in [-0.05, 0) is 31.1 Å². The third kappa shape index (κ3) is 3.10. The second-order valence-corrected chi connectivity index (χ2v) is 5.18. The predicted octanol–water partition coefficient (Wildman–Crippen LogP) is 2.71. The molecular formula is C13H19NO4. The van der Waals surface area contributed by atoms with Crippen LogP contribution in [-0.4, -0.2) is 22.3 Å². The van der Waals surface area contributed by atoms with Crippen LogP contribution in [0.15, 0.2) is 10.6 Å². The Morgan fingerprint density at radius 2 is 2.28 bits per heavy atom. The Hall–Kier alpha value is -1.36. The molecule has 1 aliphatic rings. The molecule has 3 unspecified atom stereocenters. The summed E-state index contributed by atoms with van der Waals surface area (Å²) < 4.78 is 10.7. The van der Waals surface area contributed by atoms with Crippen LogP contribution in [0.3, 0.4) is 0 Å². The zero-order valence-electron chi connectivity index (χ0n) is 10.8. The molecule has 0 radical (unpaired) electrons. The van der Waals surface area contributed by atoms with Crippen LogP contribution in [0, 0.1) is 11.8 Å². The normalized spacial score (nSPS) is 28.2. The zero-order valence-corrected chi connectivity index (χ0v) is 10.8. The predicted molar refractivity (Wildman–Crippen MR) is 64.2 cm³/mol. The number of carbonyl (C=O) groups is 1. The van der Waals surface area contributed by atoms with E-state index in [0.717, 1.165) is 18.8 Å². The molecule has 1 aliphatic carbocycles. The van der Waals surface area contributed by atoms with Gasteiger partial charge in [0.15, 0.2) is 11.5 Å². The highest BCUT2D eigenvalue weighted by Gasteiger charge is 2.25. The first-order chi connectivity index (χ1) is 8.56. The molecule has 5 nitrogen and oxygen atoms in total. The minimum atomic E-state index is -1.08. The second kappa shape index (κ2) is 5.52. The molecule has 1 fully saturated rings. The van der Waals surface area contributed by atoms with Crippen LogP contribution in [-0.2, 0) is 11.3 Å². The van der Waals surface area contributed by atoms with Gasteiger partial charge in [0, 0.05) is 6.07 Å². The molecule has 0 bridgehead atoms. The summed E-state index contributed by atoms with van der Waals surface area (Å²) in [6.45, 7) is 4.82. The van der Waals surface area contributed by atoms with Crippen LogP contribution in [0.5, 0.6) is 0 Å². The van der Waals surface area contributed by atoms with Gasteiger partial charge in [-0.1, -0.05) is 19.0 Å². The Morgan fingerprint density at radius 3 is 2.89 bits per heavy atom. The van der Waals surface area contributed by atoms with Crippen molar-refractivity contribution < 1.29 is 19.2 Å².